The first-order chi connectivity index (χ1) is 9.49. The highest BCUT2D eigenvalue weighted by molar-refractivity contribution is 5.60. The fourth-order valence-corrected chi connectivity index (χ4v) is 2.56. The van der Waals surface area contributed by atoms with E-state index in [0.29, 0.717) is 6.54 Å². The summed E-state index contributed by atoms with van der Waals surface area (Å²) in [5.41, 5.74) is 0.472. The van der Waals surface area contributed by atoms with Gasteiger partial charge in [0.15, 0.2) is 0 Å². The molecule has 1 aromatic rings. The van der Waals surface area contributed by atoms with Gasteiger partial charge in [0.05, 0.1) is 10.5 Å². The molecule has 1 fully saturated rings. The Bertz CT molecular complexity index is 567. The van der Waals surface area contributed by atoms with Gasteiger partial charge in [0.2, 0.25) is 0 Å². The van der Waals surface area contributed by atoms with Crippen molar-refractivity contribution in [3.05, 3.63) is 33.9 Å². The summed E-state index contributed by atoms with van der Waals surface area (Å²) in [6.07, 6.45) is 1.94. The van der Waals surface area contributed by atoms with E-state index in [4.69, 9.17) is 10.00 Å². The maximum atomic E-state index is 11.0. The molecule has 1 atom stereocenters. The van der Waals surface area contributed by atoms with E-state index < -0.39 is 4.92 Å². The fourth-order valence-electron chi connectivity index (χ4n) is 2.56. The molecule has 6 nitrogen and oxygen atoms in total. The lowest BCUT2D eigenvalue weighted by Crippen LogP contribution is -2.47. The Morgan fingerprint density at radius 2 is 2.30 bits per heavy atom. The van der Waals surface area contributed by atoms with Crippen molar-refractivity contribution in [2.45, 2.75) is 25.4 Å². The first-order valence-corrected chi connectivity index (χ1v) is 6.48. The average Bonchev–Trinajstić information content (AvgIpc) is 2.46. The van der Waals surface area contributed by atoms with Crippen LogP contribution in [0.4, 0.5) is 11.4 Å². The number of piperidine rings is 1. The zero-order valence-corrected chi connectivity index (χ0v) is 11.6. The molecule has 6 heteroatoms. The Morgan fingerprint density at radius 1 is 1.55 bits per heavy atom. The van der Waals surface area contributed by atoms with Crippen LogP contribution in [0.15, 0.2) is 18.2 Å². The summed E-state index contributed by atoms with van der Waals surface area (Å²) in [7, 11) is 1.69. The van der Waals surface area contributed by atoms with Crippen molar-refractivity contribution in [3.63, 3.8) is 0 Å². The first kappa shape index (κ1) is 14.3. The Labute approximate surface area is 117 Å². The third kappa shape index (κ3) is 2.73. The minimum absolute atomic E-state index is 0.0882. The topological polar surface area (TPSA) is 79.4 Å². The number of nitrogens with zero attached hydrogens (tertiary/aromatic N) is 3. The zero-order chi connectivity index (χ0) is 14.8. The molecule has 106 valence electrons. The molecule has 0 spiro atoms. The third-order valence-corrected chi connectivity index (χ3v) is 3.82. The van der Waals surface area contributed by atoms with E-state index in [2.05, 4.69) is 4.90 Å². The molecule has 1 aliphatic rings. The normalized spacial score (nSPS) is 22.4. The van der Waals surface area contributed by atoms with Crippen LogP contribution in [0.1, 0.15) is 25.3 Å². The van der Waals surface area contributed by atoms with E-state index in [0.717, 1.165) is 25.1 Å². The average molecular weight is 275 g/mol. The van der Waals surface area contributed by atoms with E-state index in [1.165, 1.54) is 12.1 Å². The predicted octanol–water partition coefficient (Wildman–Crippen LogP) is 2.47. The van der Waals surface area contributed by atoms with Gasteiger partial charge in [-0.1, -0.05) is 0 Å². The highest BCUT2D eigenvalue weighted by atomic mass is 16.6. The molecule has 0 aliphatic carbocycles. The van der Waals surface area contributed by atoms with Crippen LogP contribution in [0.3, 0.4) is 0 Å². The first-order valence-electron chi connectivity index (χ1n) is 6.48. The Balaban J connectivity index is 2.32. The van der Waals surface area contributed by atoms with Crippen LogP contribution < -0.4 is 4.90 Å². The zero-order valence-electron chi connectivity index (χ0n) is 11.6. The molecule has 0 aromatic heterocycles. The van der Waals surface area contributed by atoms with Crippen LogP contribution in [-0.2, 0) is 4.74 Å². The molecule has 1 unspecified atom stereocenters. The van der Waals surface area contributed by atoms with Gasteiger partial charge in [0.1, 0.15) is 11.6 Å². The van der Waals surface area contributed by atoms with Crippen molar-refractivity contribution in [3.8, 4) is 6.07 Å². The van der Waals surface area contributed by atoms with Gasteiger partial charge in [0.25, 0.3) is 5.69 Å². The Hall–Kier alpha value is -2.13. The minimum atomic E-state index is -0.512. The molecule has 0 radical (unpaired) electrons. The Kier molecular flexibility index (Phi) is 3.91. The molecule has 0 bridgehead atoms. The highest BCUT2D eigenvalue weighted by Gasteiger charge is 2.31. The van der Waals surface area contributed by atoms with Crippen LogP contribution in [0.2, 0.25) is 0 Å². The number of hydrogen-bond donors (Lipinski definition) is 0. The Morgan fingerprint density at radius 3 is 2.90 bits per heavy atom. The summed E-state index contributed by atoms with van der Waals surface area (Å²) < 4.78 is 5.53. The maximum Gasteiger partial charge on any atom is 0.289 e. The van der Waals surface area contributed by atoms with E-state index >= 15 is 0 Å². The van der Waals surface area contributed by atoms with Crippen LogP contribution in [-0.4, -0.2) is 30.7 Å². The summed E-state index contributed by atoms with van der Waals surface area (Å²) in [6, 6.07) is 6.58. The SMILES string of the molecule is COC1(C)CCCN(c2ccc(C#N)c([N+](=O)[O-])c2)C1. The smallest absolute Gasteiger partial charge is 0.289 e. The standard InChI is InChI=1S/C14H17N3O3/c1-14(20-2)6-3-7-16(10-14)12-5-4-11(9-15)13(8-12)17(18)19/h4-5,8H,3,6-7,10H2,1-2H3. The molecule has 0 amide bonds. The number of nitro groups is 1. The van der Waals surface area contributed by atoms with E-state index in [-0.39, 0.29) is 16.9 Å². The monoisotopic (exact) mass is 275 g/mol. The van der Waals surface area contributed by atoms with E-state index in [1.54, 1.807) is 13.2 Å². The van der Waals surface area contributed by atoms with Crippen LogP contribution in [0, 0.1) is 21.4 Å². The van der Waals surface area contributed by atoms with Gasteiger partial charge >= 0.3 is 0 Å². The number of ether oxygens (including phenoxy) is 1. The second-order valence-corrected chi connectivity index (χ2v) is 5.25. The fraction of sp³-hybridized carbons (Fsp3) is 0.500. The predicted molar refractivity (Wildman–Crippen MR) is 74.7 cm³/mol. The van der Waals surface area contributed by atoms with Crippen LogP contribution >= 0.6 is 0 Å². The number of nitriles is 1. The molecular formula is C14H17N3O3. The van der Waals surface area contributed by atoms with Gasteiger partial charge in [-0.05, 0) is 31.9 Å². The minimum Gasteiger partial charge on any atom is -0.377 e. The summed E-state index contributed by atoms with van der Waals surface area (Å²) in [6.45, 7) is 3.56. The lowest BCUT2D eigenvalue weighted by molar-refractivity contribution is -0.385. The molecule has 1 aliphatic heterocycles. The van der Waals surface area contributed by atoms with Gasteiger partial charge in [0, 0.05) is 32.0 Å². The van der Waals surface area contributed by atoms with Crippen molar-refractivity contribution in [2.24, 2.45) is 0 Å². The number of anilines is 1. The quantitative estimate of drug-likeness (QED) is 0.625. The molecule has 0 saturated carbocycles. The molecule has 1 saturated heterocycles. The van der Waals surface area contributed by atoms with Gasteiger partial charge in [-0.3, -0.25) is 10.1 Å². The molecule has 1 heterocycles. The number of rotatable bonds is 3. The van der Waals surface area contributed by atoms with Gasteiger partial charge in [-0.25, -0.2) is 0 Å². The van der Waals surface area contributed by atoms with Crippen molar-refractivity contribution in [1.29, 1.82) is 5.26 Å². The van der Waals surface area contributed by atoms with Crippen molar-refractivity contribution in [1.82, 2.24) is 0 Å². The lowest BCUT2D eigenvalue weighted by atomic mass is 9.94. The van der Waals surface area contributed by atoms with Gasteiger partial charge in [-0.2, -0.15) is 5.26 Å². The van der Waals surface area contributed by atoms with Gasteiger partial charge < -0.3 is 9.64 Å². The molecule has 20 heavy (non-hydrogen) atoms. The summed E-state index contributed by atoms with van der Waals surface area (Å²) >= 11 is 0. The third-order valence-electron chi connectivity index (χ3n) is 3.82. The lowest BCUT2D eigenvalue weighted by Gasteiger charge is -2.40. The van der Waals surface area contributed by atoms with E-state index in [9.17, 15) is 10.1 Å². The van der Waals surface area contributed by atoms with Crippen molar-refractivity contribution in [2.75, 3.05) is 25.1 Å². The largest absolute Gasteiger partial charge is 0.377 e. The van der Waals surface area contributed by atoms with Crippen molar-refractivity contribution >= 4 is 11.4 Å². The van der Waals surface area contributed by atoms with Gasteiger partial charge in [-0.15, -0.1) is 0 Å². The number of nitro benzene ring substituents is 1. The van der Waals surface area contributed by atoms with Crippen LogP contribution in [0.25, 0.3) is 0 Å². The molecule has 0 N–H and O–H groups in total. The highest BCUT2D eigenvalue weighted by Crippen LogP contribution is 2.31. The molecule has 2 rings (SSSR count). The summed E-state index contributed by atoms with van der Waals surface area (Å²) in [5, 5.41) is 19.9. The molecule has 1 aromatic carbocycles. The number of methoxy groups -OCH3 is 1. The maximum absolute atomic E-state index is 11.0. The number of benzene rings is 1. The van der Waals surface area contributed by atoms with Crippen LogP contribution in [0.5, 0.6) is 0 Å². The van der Waals surface area contributed by atoms with Crippen molar-refractivity contribution < 1.29 is 9.66 Å². The summed E-state index contributed by atoms with van der Waals surface area (Å²) in [4.78, 5) is 12.6. The summed E-state index contributed by atoms with van der Waals surface area (Å²) in [5.74, 6) is 0. The second-order valence-electron chi connectivity index (χ2n) is 5.25. The second kappa shape index (κ2) is 5.47. The number of hydrogen-bond acceptors (Lipinski definition) is 5. The molecular weight excluding hydrogens is 258 g/mol. The van der Waals surface area contributed by atoms with E-state index in [1.807, 2.05) is 13.0 Å².